The van der Waals surface area contributed by atoms with Gasteiger partial charge in [0.2, 0.25) is 0 Å². The van der Waals surface area contributed by atoms with Crippen molar-refractivity contribution in [1.82, 2.24) is 5.32 Å². The first kappa shape index (κ1) is 15.3. The SMILES string of the molecule is CC(CCl)NC(=O)c1cc(C(F)(F)F)ccc1Br. The van der Waals surface area contributed by atoms with Gasteiger partial charge in [-0.1, -0.05) is 0 Å². The first-order valence-corrected chi connectivity index (χ1v) is 6.32. The molecule has 1 amide bonds. The summed E-state index contributed by atoms with van der Waals surface area (Å²) in [6, 6.07) is 2.59. The molecule has 7 heteroatoms. The summed E-state index contributed by atoms with van der Waals surface area (Å²) in [7, 11) is 0. The number of benzene rings is 1. The van der Waals surface area contributed by atoms with Crippen LogP contribution in [0.1, 0.15) is 22.8 Å². The number of hydrogen-bond donors (Lipinski definition) is 1. The highest BCUT2D eigenvalue weighted by Gasteiger charge is 2.31. The molecule has 1 atom stereocenters. The van der Waals surface area contributed by atoms with E-state index in [1.165, 1.54) is 6.07 Å². The number of rotatable bonds is 3. The highest BCUT2D eigenvalue weighted by Crippen LogP contribution is 2.31. The van der Waals surface area contributed by atoms with Crippen LogP contribution in [0.3, 0.4) is 0 Å². The van der Waals surface area contributed by atoms with Crippen molar-refractivity contribution in [3.63, 3.8) is 0 Å². The van der Waals surface area contributed by atoms with Crippen molar-refractivity contribution in [2.45, 2.75) is 19.1 Å². The third-order valence-corrected chi connectivity index (χ3v) is 3.30. The van der Waals surface area contributed by atoms with Gasteiger partial charge in [0.25, 0.3) is 5.91 Å². The summed E-state index contributed by atoms with van der Waals surface area (Å²) >= 11 is 8.57. The van der Waals surface area contributed by atoms with Crippen LogP contribution < -0.4 is 5.32 Å². The zero-order valence-corrected chi connectivity index (χ0v) is 11.7. The topological polar surface area (TPSA) is 29.1 Å². The van der Waals surface area contributed by atoms with Crippen LogP contribution in [0.5, 0.6) is 0 Å². The van der Waals surface area contributed by atoms with E-state index in [4.69, 9.17) is 11.6 Å². The Bertz CT molecular complexity index is 450. The van der Waals surface area contributed by atoms with Crippen LogP contribution in [0.2, 0.25) is 0 Å². The lowest BCUT2D eigenvalue weighted by atomic mass is 10.1. The molecule has 0 aromatic heterocycles. The summed E-state index contributed by atoms with van der Waals surface area (Å²) in [5, 5.41) is 2.50. The molecule has 0 fully saturated rings. The number of carbonyl (C=O) groups is 1. The normalized spacial score (nSPS) is 13.2. The van der Waals surface area contributed by atoms with Gasteiger partial charge in [-0.25, -0.2) is 0 Å². The Balaban J connectivity index is 3.04. The summed E-state index contributed by atoms with van der Waals surface area (Å²) in [6.07, 6.45) is -4.48. The molecule has 18 heavy (non-hydrogen) atoms. The van der Waals surface area contributed by atoms with E-state index in [9.17, 15) is 18.0 Å². The average Bonchev–Trinajstić information content (AvgIpc) is 2.27. The summed E-state index contributed by atoms with van der Waals surface area (Å²) in [5.74, 6) is -0.413. The second-order valence-corrected chi connectivity index (χ2v) is 4.88. The highest BCUT2D eigenvalue weighted by atomic mass is 79.9. The van der Waals surface area contributed by atoms with E-state index in [0.717, 1.165) is 12.1 Å². The van der Waals surface area contributed by atoms with E-state index < -0.39 is 17.6 Å². The van der Waals surface area contributed by atoms with Gasteiger partial charge in [-0.2, -0.15) is 13.2 Å². The molecule has 0 bridgehead atoms. The zero-order valence-electron chi connectivity index (χ0n) is 9.31. The van der Waals surface area contributed by atoms with Gasteiger partial charge < -0.3 is 5.32 Å². The molecule has 0 aliphatic rings. The van der Waals surface area contributed by atoms with Gasteiger partial charge in [-0.3, -0.25) is 4.79 Å². The second-order valence-electron chi connectivity index (χ2n) is 3.72. The summed E-state index contributed by atoms with van der Waals surface area (Å²) in [5.41, 5.74) is -0.934. The van der Waals surface area contributed by atoms with Crippen molar-refractivity contribution in [1.29, 1.82) is 0 Å². The maximum Gasteiger partial charge on any atom is 0.416 e. The fourth-order valence-corrected chi connectivity index (χ4v) is 1.72. The molecule has 0 aliphatic heterocycles. The van der Waals surface area contributed by atoms with Crippen LogP contribution in [0.25, 0.3) is 0 Å². The Morgan fingerprint density at radius 3 is 2.61 bits per heavy atom. The maximum absolute atomic E-state index is 12.5. The van der Waals surface area contributed by atoms with Gasteiger partial charge in [0.05, 0.1) is 11.1 Å². The van der Waals surface area contributed by atoms with Gasteiger partial charge in [-0.15, -0.1) is 11.6 Å². The van der Waals surface area contributed by atoms with E-state index in [1.807, 2.05) is 0 Å². The molecular weight excluding hydrogens is 334 g/mol. The minimum absolute atomic E-state index is 0.0678. The lowest BCUT2D eigenvalue weighted by Crippen LogP contribution is -2.34. The van der Waals surface area contributed by atoms with Crippen LogP contribution in [0, 0.1) is 0 Å². The molecule has 0 saturated heterocycles. The Hall–Kier alpha value is -0.750. The van der Waals surface area contributed by atoms with E-state index in [2.05, 4.69) is 21.2 Å². The van der Waals surface area contributed by atoms with E-state index in [0.29, 0.717) is 4.47 Å². The maximum atomic E-state index is 12.5. The van der Waals surface area contributed by atoms with Crippen LogP contribution in [-0.2, 0) is 6.18 Å². The molecule has 1 unspecified atom stereocenters. The third-order valence-electron chi connectivity index (χ3n) is 2.15. The number of halogens is 5. The Morgan fingerprint density at radius 2 is 2.11 bits per heavy atom. The minimum atomic E-state index is -4.48. The Labute approximate surface area is 116 Å². The van der Waals surface area contributed by atoms with Crippen molar-refractivity contribution >= 4 is 33.4 Å². The monoisotopic (exact) mass is 343 g/mol. The molecule has 1 N–H and O–H groups in total. The molecular formula is C11H10BrClF3NO. The zero-order chi connectivity index (χ0) is 13.9. The van der Waals surface area contributed by atoms with Gasteiger partial charge in [0.15, 0.2) is 0 Å². The van der Waals surface area contributed by atoms with E-state index >= 15 is 0 Å². The average molecular weight is 345 g/mol. The van der Waals surface area contributed by atoms with Crippen molar-refractivity contribution < 1.29 is 18.0 Å². The van der Waals surface area contributed by atoms with Crippen molar-refractivity contribution in [2.75, 3.05) is 5.88 Å². The van der Waals surface area contributed by atoms with E-state index in [-0.39, 0.29) is 17.5 Å². The molecule has 1 aromatic carbocycles. The minimum Gasteiger partial charge on any atom is -0.348 e. The number of carbonyl (C=O) groups excluding carboxylic acids is 1. The Morgan fingerprint density at radius 1 is 1.50 bits per heavy atom. The van der Waals surface area contributed by atoms with Gasteiger partial charge in [0.1, 0.15) is 0 Å². The standard InChI is InChI=1S/C11H10BrClF3NO/c1-6(5-13)17-10(18)8-4-7(11(14,15)16)2-3-9(8)12/h2-4,6H,5H2,1H3,(H,17,18). The molecule has 0 saturated carbocycles. The molecule has 0 spiro atoms. The molecule has 100 valence electrons. The van der Waals surface area contributed by atoms with Crippen LogP contribution in [0.4, 0.5) is 13.2 Å². The highest BCUT2D eigenvalue weighted by molar-refractivity contribution is 9.10. The molecule has 1 aromatic rings. The second kappa shape index (κ2) is 5.93. The number of nitrogens with one attached hydrogen (secondary N) is 1. The van der Waals surface area contributed by atoms with Crippen LogP contribution in [-0.4, -0.2) is 17.8 Å². The Kier molecular flexibility index (Phi) is 5.04. The van der Waals surface area contributed by atoms with Crippen LogP contribution >= 0.6 is 27.5 Å². The van der Waals surface area contributed by atoms with E-state index in [1.54, 1.807) is 6.92 Å². The number of alkyl halides is 4. The quantitative estimate of drug-likeness (QED) is 0.830. The molecule has 0 aliphatic carbocycles. The summed E-state index contributed by atoms with van der Waals surface area (Å²) in [6.45, 7) is 1.66. The third kappa shape index (κ3) is 3.88. The smallest absolute Gasteiger partial charge is 0.348 e. The number of amides is 1. The van der Waals surface area contributed by atoms with Crippen molar-refractivity contribution in [3.05, 3.63) is 33.8 Å². The predicted molar refractivity (Wildman–Crippen MR) is 66.8 cm³/mol. The summed E-state index contributed by atoms with van der Waals surface area (Å²) in [4.78, 5) is 11.7. The van der Waals surface area contributed by atoms with Gasteiger partial charge in [-0.05, 0) is 41.1 Å². The molecule has 2 nitrogen and oxygen atoms in total. The molecule has 0 heterocycles. The largest absolute Gasteiger partial charge is 0.416 e. The lowest BCUT2D eigenvalue weighted by Gasteiger charge is -2.13. The van der Waals surface area contributed by atoms with Crippen LogP contribution in [0.15, 0.2) is 22.7 Å². The first-order chi connectivity index (χ1) is 8.25. The van der Waals surface area contributed by atoms with Gasteiger partial charge >= 0.3 is 6.18 Å². The fraction of sp³-hybridized carbons (Fsp3) is 0.364. The van der Waals surface area contributed by atoms with Crippen molar-refractivity contribution in [2.24, 2.45) is 0 Å². The molecule has 1 rings (SSSR count). The van der Waals surface area contributed by atoms with Gasteiger partial charge in [0, 0.05) is 16.4 Å². The van der Waals surface area contributed by atoms with Crippen molar-refractivity contribution in [3.8, 4) is 0 Å². The fourth-order valence-electron chi connectivity index (χ4n) is 1.22. The first-order valence-electron chi connectivity index (χ1n) is 4.99. The lowest BCUT2D eigenvalue weighted by molar-refractivity contribution is -0.137. The number of hydrogen-bond acceptors (Lipinski definition) is 1. The predicted octanol–water partition coefficient (Wildman–Crippen LogP) is 3.83. The molecule has 0 radical (unpaired) electrons. The summed E-state index contributed by atoms with van der Waals surface area (Å²) < 4.78 is 37.9.